The Kier molecular flexibility index (Phi) is 8.44. The summed E-state index contributed by atoms with van der Waals surface area (Å²) < 4.78 is 20.6. The summed E-state index contributed by atoms with van der Waals surface area (Å²) in [5.41, 5.74) is 0. The molecule has 0 spiro atoms. The summed E-state index contributed by atoms with van der Waals surface area (Å²) in [5, 5.41) is 0. The number of hydrogen-bond acceptors (Lipinski definition) is 8. The third-order valence-corrected chi connectivity index (χ3v) is 4.95. The molecule has 0 unspecified atom stereocenters. The van der Waals surface area contributed by atoms with Crippen LogP contribution in [0.2, 0.25) is 0 Å². The Bertz CT molecular complexity index is 1000. The minimum atomic E-state index is -0.658. The predicted octanol–water partition coefficient (Wildman–Crippen LogP) is 1.97. The number of aryl methyl sites for hydroxylation is 2. The molecule has 1 fully saturated rings. The molecule has 3 heterocycles. The van der Waals surface area contributed by atoms with Crippen LogP contribution >= 0.6 is 0 Å². The molecular weight excluding hydrogens is 444 g/mol. The average Bonchev–Trinajstić information content (AvgIpc) is 3.45. The van der Waals surface area contributed by atoms with Gasteiger partial charge in [0.1, 0.15) is 23.0 Å². The Morgan fingerprint density at radius 2 is 1.12 bits per heavy atom. The molecule has 0 bridgehead atoms. The first-order valence-electron chi connectivity index (χ1n) is 10.7. The zero-order valence-corrected chi connectivity index (χ0v) is 19.0. The largest absolute Gasteiger partial charge is 0.462 e. The fraction of sp³-hybridized carbons (Fsp3) is 0.333. The van der Waals surface area contributed by atoms with Crippen LogP contribution in [0.5, 0.6) is 0 Å². The topological polar surface area (TPSA) is 120 Å². The lowest BCUT2D eigenvalue weighted by molar-refractivity contribution is -0.152. The maximum atomic E-state index is 12.3. The van der Waals surface area contributed by atoms with Crippen LogP contribution in [0, 0.1) is 13.8 Å². The molecule has 34 heavy (non-hydrogen) atoms. The van der Waals surface area contributed by atoms with Gasteiger partial charge >= 0.3 is 11.9 Å². The molecule has 3 rings (SSSR count). The first-order valence-corrected chi connectivity index (χ1v) is 10.7. The van der Waals surface area contributed by atoms with Crippen LogP contribution in [0.25, 0.3) is 12.2 Å². The van der Waals surface area contributed by atoms with Crippen molar-refractivity contribution >= 4 is 35.9 Å². The summed E-state index contributed by atoms with van der Waals surface area (Å²) in [6.45, 7) is 3.93. The van der Waals surface area contributed by atoms with E-state index >= 15 is 0 Å². The third-order valence-electron chi connectivity index (χ3n) is 4.95. The Balaban J connectivity index is 1.33. The van der Waals surface area contributed by atoms with Gasteiger partial charge in [0, 0.05) is 38.3 Å². The van der Waals surface area contributed by atoms with E-state index in [1.165, 1.54) is 34.1 Å². The number of furan rings is 2. The highest BCUT2D eigenvalue weighted by molar-refractivity contribution is 5.90. The lowest BCUT2D eigenvalue weighted by Gasteiger charge is -2.34. The normalized spacial score (nSPS) is 14.1. The number of hydrogen-bond donors (Lipinski definition) is 0. The minimum Gasteiger partial charge on any atom is -0.462 e. The lowest BCUT2D eigenvalue weighted by atomic mass is 10.3. The maximum Gasteiger partial charge on any atom is 0.331 e. The van der Waals surface area contributed by atoms with Gasteiger partial charge in [-0.2, -0.15) is 0 Å². The van der Waals surface area contributed by atoms with Gasteiger partial charge < -0.3 is 28.1 Å². The van der Waals surface area contributed by atoms with E-state index in [1.54, 1.807) is 38.1 Å². The number of esters is 2. The number of carbonyl (C=O) groups excluding carboxylic acids is 4. The molecule has 2 aromatic rings. The van der Waals surface area contributed by atoms with Crippen molar-refractivity contribution in [1.29, 1.82) is 0 Å². The van der Waals surface area contributed by atoms with Crippen molar-refractivity contribution in [3.63, 3.8) is 0 Å². The van der Waals surface area contributed by atoms with Crippen molar-refractivity contribution in [3.8, 4) is 0 Å². The Labute approximate surface area is 196 Å². The fourth-order valence-corrected chi connectivity index (χ4v) is 3.14. The smallest absolute Gasteiger partial charge is 0.331 e. The van der Waals surface area contributed by atoms with Gasteiger partial charge in [0.2, 0.25) is 0 Å². The molecule has 0 atom stereocenters. The van der Waals surface area contributed by atoms with Crippen LogP contribution in [-0.2, 0) is 28.7 Å². The summed E-state index contributed by atoms with van der Waals surface area (Å²) in [6.07, 6.45) is 5.30. The maximum absolute atomic E-state index is 12.3. The van der Waals surface area contributed by atoms with E-state index in [2.05, 4.69) is 0 Å². The molecule has 10 nitrogen and oxygen atoms in total. The molecule has 0 aliphatic carbocycles. The van der Waals surface area contributed by atoms with Crippen LogP contribution in [0.4, 0.5) is 0 Å². The number of ether oxygens (including phenoxy) is 2. The molecule has 0 N–H and O–H groups in total. The van der Waals surface area contributed by atoms with Crippen molar-refractivity contribution in [1.82, 2.24) is 9.80 Å². The Hall–Kier alpha value is -4.08. The second-order valence-electron chi connectivity index (χ2n) is 7.54. The highest BCUT2D eigenvalue weighted by Crippen LogP contribution is 2.09. The number of amides is 2. The second kappa shape index (κ2) is 11.7. The quantitative estimate of drug-likeness (QED) is 0.424. The van der Waals surface area contributed by atoms with E-state index in [-0.39, 0.29) is 38.0 Å². The first-order chi connectivity index (χ1) is 16.3. The van der Waals surface area contributed by atoms with Gasteiger partial charge in [-0.3, -0.25) is 9.59 Å². The highest BCUT2D eigenvalue weighted by Gasteiger charge is 2.25. The molecule has 2 amide bonds. The summed E-state index contributed by atoms with van der Waals surface area (Å²) >= 11 is 0. The summed E-state index contributed by atoms with van der Waals surface area (Å²) in [4.78, 5) is 51.1. The number of rotatable bonds is 8. The molecule has 1 aliphatic heterocycles. The van der Waals surface area contributed by atoms with Gasteiger partial charge in [-0.05, 0) is 50.3 Å². The zero-order valence-electron chi connectivity index (χ0n) is 19.0. The lowest BCUT2D eigenvalue weighted by Crippen LogP contribution is -2.52. The number of piperazine rings is 1. The minimum absolute atomic E-state index is 0.287. The van der Waals surface area contributed by atoms with Gasteiger partial charge in [0.05, 0.1) is 0 Å². The van der Waals surface area contributed by atoms with Crippen LogP contribution in [-0.4, -0.2) is 72.9 Å². The molecule has 1 aliphatic rings. The van der Waals surface area contributed by atoms with E-state index in [9.17, 15) is 19.2 Å². The van der Waals surface area contributed by atoms with Gasteiger partial charge in [0.25, 0.3) is 11.8 Å². The summed E-state index contributed by atoms with van der Waals surface area (Å²) in [6, 6.07) is 6.96. The summed E-state index contributed by atoms with van der Waals surface area (Å²) in [7, 11) is 0. The zero-order chi connectivity index (χ0) is 24.5. The monoisotopic (exact) mass is 470 g/mol. The molecule has 0 saturated carbocycles. The molecule has 10 heteroatoms. The van der Waals surface area contributed by atoms with Gasteiger partial charge in [-0.25, -0.2) is 9.59 Å². The standard InChI is InChI=1S/C24H26N2O8/c1-17-3-5-19(33-17)7-9-23(29)31-15-21(27)25-11-13-26(14-12-25)22(28)16-32-24(30)10-8-20-6-4-18(2)34-20/h3-10H,11-16H2,1-2H3/b9-7+,10-8+. The Morgan fingerprint density at radius 3 is 1.44 bits per heavy atom. The first kappa shape index (κ1) is 24.6. The second-order valence-corrected chi connectivity index (χ2v) is 7.54. The fourth-order valence-electron chi connectivity index (χ4n) is 3.14. The molecular formula is C24H26N2O8. The van der Waals surface area contributed by atoms with E-state index < -0.39 is 25.2 Å². The SMILES string of the molecule is Cc1ccc(/C=C/C(=O)OCC(=O)N2CCN(C(=O)COC(=O)/C=C/c3ccc(C)o3)CC2)o1. The van der Waals surface area contributed by atoms with Crippen molar-refractivity contribution < 1.29 is 37.5 Å². The van der Waals surface area contributed by atoms with E-state index in [0.29, 0.717) is 11.5 Å². The van der Waals surface area contributed by atoms with Crippen LogP contribution < -0.4 is 0 Å². The number of nitrogens with zero attached hydrogens (tertiary/aromatic N) is 2. The van der Waals surface area contributed by atoms with Gasteiger partial charge in [0.15, 0.2) is 13.2 Å². The van der Waals surface area contributed by atoms with Crippen molar-refractivity contribution in [3.05, 3.63) is 59.5 Å². The van der Waals surface area contributed by atoms with Crippen LogP contribution in [0.1, 0.15) is 23.0 Å². The van der Waals surface area contributed by atoms with Gasteiger partial charge in [-0.15, -0.1) is 0 Å². The average molecular weight is 470 g/mol. The van der Waals surface area contributed by atoms with E-state index in [4.69, 9.17) is 18.3 Å². The number of carbonyl (C=O) groups is 4. The van der Waals surface area contributed by atoms with Crippen LogP contribution in [0.15, 0.2) is 45.3 Å². The third kappa shape index (κ3) is 7.51. The van der Waals surface area contributed by atoms with Crippen LogP contribution in [0.3, 0.4) is 0 Å². The van der Waals surface area contributed by atoms with Crippen molar-refractivity contribution in [2.45, 2.75) is 13.8 Å². The summed E-state index contributed by atoms with van der Waals surface area (Å²) in [5.74, 6) is 0.432. The van der Waals surface area contributed by atoms with Crippen molar-refractivity contribution in [2.24, 2.45) is 0 Å². The molecule has 2 aromatic heterocycles. The highest BCUT2D eigenvalue weighted by atomic mass is 16.5. The van der Waals surface area contributed by atoms with Gasteiger partial charge in [-0.1, -0.05) is 0 Å². The molecule has 1 saturated heterocycles. The molecule has 180 valence electrons. The molecule has 0 aromatic carbocycles. The van der Waals surface area contributed by atoms with E-state index in [1.807, 2.05) is 0 Å². The Morgan fingerprint density at radius 1 is 0.735 bits per heavy atom. The molecule has 0 radical (unpaired) electrons. The van der Waals surface area contributed by atoms with E-state index in [0.717, 1.165) is 11.5 Å². The van der Waals surface area contributed by atoms with Crippen molar-refractivity contribution in [2.75, 3.05) is 39.4 Å². The predicted molar refractivity (Wildman–Crippen MR) is 120 cm³/mol.